The second-order valence-electron chi connectivity index (χ2n) is 5.72. The van der Waals surface area contributed by atoms with Gasteiger partial charge in [-0.3, -0.25) is 14.8 Å². The van der Waals surface area contributed by atoms with Gasteiger partial charge >= 0.3 is 4.87 Å². The van der Waals surface area contributed by atoms with Gasteiger partial charge in [0.15, 0.2) is 11.1 Å². The van der Waals surface area contributed by atoms with Crippen LogP contribution in [0.25, 0.3) is 11.7 Å². The van der Waals surface area contributed by atoms with E-state index in [-0.39, 0.29) is 10.8 Å². The van der Waals surface area contributed by atoms with Crippen LogP contribution in [0.5, 0.6) is 5.88 Å². The van der Waals surface area contributed by atoms with Crippen LogP contribution in [0, 0.1) is 13.8 Å². The number of nitrogens with zero attached hydrogens (tertiary/aromatic N) is 4. The SMILES string of the molecule is Cc1cc(=NC2CC2)n2nc(C)c(=Cc3sc(=O)[nH]c3O)c2n1. The monoisotopic (exact) mass is 329 g/mol. The first-order valence-corrected chi connectivity index (χ1v) is 8.17. The van der Waals surface area contributed by atoms with Gasteiger partial charge in [-0.05, 0) is 32.8 Å². The van der Waals surface area contributed by atoms with Crippen LogP contribution in [0.1, 0.15) is 29.1 Å². The van der Waals surface area contributed by atoms with Gasteiger partial charge < -0.3 is 5.11 Å². The summed E-state index contributed by atoms with van der Waals surface area (Å²) in [5.74, 6) is -0.130. The smallest absolute Gasteiger partial charge is 0.307 e. The van der Waals surface area contributed by atoms with Crippen LogP contribution < -0.4 is 15.6 Å². The van der Waals surface area contributed by atoms with Crippen molar-refractivity contribution in [2.45, 2.75) is 32.7 Å². The van der Waals surface area contributed by atoms with Crippen LogP contribution in [-0.2, 0) is 0 Å². The van der Waals surface area contributed by atoms with Gasteiger partial charge in [-0.15, -0.1) is 0 Å². The van der Waals surface area contributed by atoms with Gasteiger partial charge in [0, 0.05) is 17.0 Å². The van der Waals surface area contributed by atoms with E-state index >= 15 is 0 Å². The van der Waals surface area contributed by atoms with Crippen LogP contribution in [0.4, 0.5) is 0 Å². The third kappa shape index (κ3) is 2.55. The van der Waals surface area contributed by atoms with Crippen LogP contribution >= 0.6 is 11.3 Å². The largest absolute Gasteiger partial charge is 0.493 e. The molecule has 118 valence electrons. The Morgan fingerprint density at radius 3 is 2.91 bits per heavy atom. The molecule has 3 aromatic heterocycles. The minimum atomic E-state index is -0.295. The predicted molar refractivity (Wildman–Crippen MR) is 86.4 cm³/mol. The summed E-state index contributed by atoms with van der Waals surface area (Å²) in [6, 6.07) is 2.31. The first-order chi connectivity index (χ1) is 11.0. The zero-order valence-corrected chi connectivity index (χ0v) is 13.5. The van der Waals surface area contributed by atoms with E-state index in [0.717, 1.165) is 46.3 Å². The highest BCUT2D eigenvalue weighted by Crippen LogP contribution is 2.22. The maximum absolute atomic E-state index is 11.4. The molecule has 0 aromatic carbocycles. The lowest BCUT2D eigenvalue weighted by Crippen LogP contribution is -2.19. The zero-order valence-electron chi connectivity index (χ0n) is 12.7. The standard InChI is InChI=1S/C15H15N5O2S/c1-7-5-12(17-9-3-4-9)20-13(16-7)10(8(2)19-20)6-11-14(21)18-15(22)23-11/h5-6,9,21H,3-4H2,1-2H3,(H,18,22). The van der Waals surface area contributed by atoms with Crippen LogP contribution in [0.2, 0.25) is 0 Å². The van der Waals surface area contributed by atoms with Crippen LogP contribution in [0.3, 0.4) is 0 Å². The number of hydrogen-bond donors (Lipinski definition) is 2. The minimum absolute atomic E-state index is 0.130. The lowest BCUT2D eigenvalue weighted by molar-refractivity contribution is 0.455. The molecule has 0 radical (unpaired) electrons. The van der Waals surface area contributed by atoms with Gasteiger partial charge in [-0.1, -0.05) is 11.3 Å². The molecule has 0 unspecified atom stereocenters. The van der Waals surface area contributed by atoms with E-state index in [0.29, 0.717) is 16.6 Å². The number of thiazole rings is 1. The Labute approximate surface area is 134 Å². The average Bonchev–Trinajstić information content (AvgIpc) is 3.16. The number of hydrogen-bond acceptors (Lipinski definition) is 6. The highest BCUT2D eigenvalue weighted by molar-refractivity contribution is 7.10. The van der Waals surface area contributed by atoms with Gasteiger partial charge in [0.1, 0.15) is 0 Å². The maximum atomic E-state index is 11.4. The molecule has 3 aromatic rings. The highest BCUT2D eigenvalue weighted by atomic mass is 32.1. The molecule has 0 spiro atoms. The average molecular weight is 329 g/mol. The summed E-state index contributed by atoms with van der Waals surface area (Å²) < 4.78 is 1.74. The molecule has 0 saturated heterocycles. The van der Waals surface area contributed by atoms with Gasteiger partial charge in [0.25, 0.3) is 0 Å². The Morgan fingerprint density at radius 1 is 1.48 bits per heavy atom. The Kier molecular flexibility index (Phi) is 3.08. The summed E-state index contributed by atoms with van der Waals surface area (Å²) in [6.45, 7) is 3.80. The van der Waals surface area contributed by atoms with Crippen molar-refractivity contribution < 1.29 is 5.11 Å². The van der Waals surface area contributed by atoms with Gasteiger partial charge in [0.2, 0.25) is 5.88 Å². The molecule has 23 heavy (non-hydrogen) atoms. The van der Waals surface area contributed by atoms with Gasteiger partial charge in [-0.2, -0.15) is 9.61 Å². The highest BCUT2D eigenvalue weighted by Gasteiger charge is 2.20. The van der Waals surface area contributed by atoms with Gasteiger partial charge in [-0.25, -0.2) is 4.98 Å². The predicted octanol–water partition coefficient (Wildman–Crippen LogP) is 0.412. The summed E-state index contributed by atoms with van der Waals surface area (Å²) >= 11 is 0.954. The molecular weight excluding hydrogens is 314 g/mol. The second-order valence-corrected chi connectivity index (χ2v) is 6.74. The molecule has 3 heterocycles. The van der Waals surface area contributed by atoms with E-state index in [1.165, 1.54) is 0 Å². The number of aromatic amines is 1. The Morgan fingerprint density at radius 2 is 2.26 bits per heavy atom. The summed E-state index contributed by atoms with van der Waals surface area (Å²) in [4.78, 5) is 23.1. The quantitative estimate of drug-likeness (QED) is 0.712. The Bertz CT molecular complexity index is 1090. The third-order valence-corrected chi connectivity index (χ3v) is 4.53. The number of fused-ring (bicyclic) bond motifs is 1. The first kappa shape index (κ1) is 14.1. The van der Waals surface area contributed by atoms with E-state index < -0.39 is 0 Å². The van der Waals surface area contributed by atoms with Crippen molar-refractivity contribution in [3.63, 3.8) is 0 Å². The van der Waals surface area contributed by atoms with E-state index in [1.807, 2.05) is 19.9 Å². The van der Waals surface area contributed by atoms with E-state index in [4.69, 9.17) is 0 Å². The van der Waals surface area contributed by atoms with E-state index in [1.54, 1.807) is 10.6 Å². The summed E-state index contributed by atoms with van der Waals surface area (Å²) in [7, 11) is 0. The number of aromatic hydroxyl groups is 1. The van der Waals surface area contributed by atoms with Crippen molar-refractivity contribution in [2.75, 3.05) is 0 Å². The molecule has 1 aliphatic carbocycles. The Balaban J connectivity index is 2.04. The molecule has 1 fully saturated rings. The van der Waals surface area contributed by atoms with Crippen LogP contribution in [-0.4, -0.2) is 30.7 Å². The van der Waals surface area contributed by atoms with Crippen molar-refractivity contribution in [1.29, 1.82) is 0 Å². The van der Waals surface area contributed by atoms with E-state index in [2.05, 4.69) is 20.1 Å². The first-order valence-electron chi connectivity index (χ1n) is 7.36. The molecule has 2 N–H and O–H groups in total. The summed E-state index contributed by atoms with van der Waals surface area (Å²) in [5.41, 5.74) is 3.11. The summed E-state index contributed by atoms with van der Waals surface area (Å²) in [6.07, 6.45) is 3.98. The molecule has 1 aliphatic rings. The lowest BCUT2D eigenvalue weighted by Gasteiger charge is -1.97. The molecular formula is C15H15N5O2S. The normalized spacial score (nSPS) is 16.6. The van der Waals surface area contributed by atoms with Crippen molar-refractivity contribution in [3.05, 3.63) is 42.7 Å². The second kappa shape index (κ2) is 5.02. The maximum Gasteiger partial charge on any atom is 0.307 e. The molecule has 1 saturated carbocycles. The lowest BCUT2D eigenvalue weighted by atomic mass is 10.3. The topological polar surface area (TPSA) is 95.6 Å². The Hall–Kier alpha value is -2.48. The number of aromatic nitrogens is 4. The molecule has 7 nitrogen and oxygen atoms in total. The molecule has 0 aliphatic heterocycles. The number of nitrogens with one attached hydrogen (secondary N) is 1. The molecule has 4 rings (SSSR count). The molecule has 8 heteroatoms. The van der Waals surface area contributed by atoms with E-state index in [9.17, 15) is 9.90 Å². The van der Waals surface area contributed by atoms with Crippen molar-refractivity contribution in [2.24, 2.45) is 4.99 Å². The van der Waals surface area contributed by atoms with Gasteiger partial charge in [0.05, 0.1) is 16.6 Å². The molecule has 0 amide bonds. The molecule has 0 atom stereocenters. The summed E-state index contributed by atoms with van der Waals surface area (Å²) in [5, 5.41) is 15.1. The van der Waals surface area contributed by atoms with Crippen molar-refractivity contribution in [1.82, 2.24) is 19.6 Å². The fourth-order valence-electron chi connectivity index (χ4n) is 2.45. The zero-order chi connectivity index (χ0) is 16.1. The number of aryl methyl sites for hydroxylation is 2. The fraction of sp³-hybridized carbons (Fsp3) is 0.333. The number of H-pyrrole nitrogens is 1. The number of rotatable bonds is 2. The fourth-order valence-corrected chi connectivity index (χ4v) is 3.13. The minimum Gasteiger partial charge on any atom is -0.493 e. The molecule has 0 bridgehead atoms. The van der Waals surface area contributed by atoms with Crippen molar-refractivity contribution >= 4 is 23.1 Å². The van der Waals surface area contributed by atoms with Crippen molar-refractivity contribution in [3.8, 4) is 5.88 Å². The third-order valence-electron chi connectivity index (χ3n) is 3.71. The van der Waals surface area contributed by atoms with Crippen LogP contribution in [0.15, 0.2) is 15.9 Å².